The minimum atomic E-state index is -0.590. The Morgan fingerprint density at radius 1 is 1.03 bits per heavy atom. The molecule has 31 heavy (non-hydrogen) atoms. The number of ether oxygens (including phenoxy) is 1. The highest BCUT2D eigenvalue weighted by Gasteiger charge is 2.23. The molecule has 1 unspecified atom stereocenters. The predicted molar refractivity (Wildman–Crippen MR) is 120 cm³/mol. The second-order valence-electron chi connectivity index (χ2n) is 7.46. The van der Waals surface area contributed by atoms with Crippen LogP contribution in [0.4, 0.5) is 15.3 Å². The molecular weight excluding hydrogens is 394 g/mol. The van der Waals surface area contributed by atoms with E-state index in [2.05, 4.69) is 25.9 Å². The summed E-state index contributed by atoms with van der Waals surface area (Å²) in [7, 11) is 0. The molecule has 2 aromatic heterocycles. The number of pyridine rings is 2. The molecular formula is C23H27N5O3. The fourth-order valence-corrected chi connectivity index (χ4v) is 3.20. The number of aromatic nitrogens is 2. The first kappa shape index (κ1) is 22.0. The number of hydrogen-bond acceptors (Lipinski definition) is 5. The Kier molecular flexibility index (Phi) is 7.37. The van der Waals surface area contributed by atoms with Gasteiger partial charge in [-0.3, -0.25) is 9.97 Å². The van der Waals surface area contributed by atoms with E-state index in [-0.39, 0.29) is 11.9 Å². The quantitative estimate of drug-likeness (QED) is 0.529. The normalized spacial score (nSPS) is 11.7. The summed E-state index contributed by atoms with van der Waals surface area (Å²) in [6.07, 6.45) is 6.12. The monoisotopic (exact) mass is 421 g/mol. The van der Waals surface area contributed by atoms with Gasteiger partial charge in [-0.1, -0.05) is 32.0 Å². The number of carbonyl (C=O) groups is 2. The topological polar surface area (TPSA) is 105 Å². The van der Waals surface area contributed by atoms with Crippen LogP contribution in [-0.4, -0.2) is 35.2 Å². The Bertz CT molecular complexity index is 1050. The minimum Gasteiger partial charge on any atom is -0.449 e. The summed E-state index contributed by atoms with van der Waals surface area (Å²) in [6.45, 7) is 6.56. The molecule has 2 heterocycles. The molecule has 0 radical (unpaired) electrons. The van der Waals surface area contributed by atoms with Crippen molar-refractivity contribution < 1.29 is 14.3 Å². The smallest absolute Gasteiger partial charge is 0.407 e. The predicted octanol–water partition coefficient (Wildman–Crippen LogP) is 4.24. The zero-order chi connectivity index (χ0) is 22.2. The number of amides is 3. The molecule has 3 aromatic rings. The van der Waals surface area contributed by atoms with Crippen LogP contribution in [0, 0.1) is 5.92 Å². The number of carbonyl (C=O) groups excluding carboxylic acids is 2. The van der Waals surface area contributed by atoms with E-state index in [1.165, 1.54) is 0 Å². The second-order valence-corrected chi connectivity index (χ2v) is 7.46. The molecule has 3 rings (SSSR count). The van der Waals surface area contributed by atoms with E-state index in [0.29, 0.717) is 24.4 Å². The van der Waals surface area contributed by atoms with Crippen molar-refractivity contribution >= 4 is 28.6 Å². The lowest BCUT2D eigenvalue weighted by molar-refractivity contribution is 0.131. The summed E-state index contributed by atoms with van der Waals surface area (Å²) in [5.74, 6) is 0.210. The summed E-state index contributed by atoms with van der Waals surface area (Å²) < 4.78 is 5.37. The van der Waals surface area contributed by atoms with Crippen molar-refractivity contribution in [3.05, 3.63) is 66.2 Å². The molecule has 0 aliphatic heterocycles. The summed E-state index contributed by atoms with van der Waals surface area (Å²) in [6, 6.07) is 8.56. The van der Waals surface area contributed by atoms with Crippen LogP contribution in [-0.2, 0) is 4.74 Å². The van der Waals surface area contributed by atoms with Crippen molar-refractivity contribution in [3.63, 3.8) is 0 Å². The van der Waals surface area contributed by atoms with Gasteiger partial charge in [-0.05, 0) is 35.9 Å². The zero-order valence-corrected chi connectivity index (χ0v) is 17.9. The van der Waals surface area contributed by atoms with E-state index in [9.17, 15) is 9.59 Å². The Morgan fingerprint density at radius 2 is 1.81 bits per heavy atom. The summed E-state index contributed by atoms with van der Waals surface area (Å²) in [5, 5.41) is 10.3. The van der Waals surface area contributed by atoms with Gasteiger partial charge in [0.15, 0.2) is 0 Å². The molecule has 0 bridgehead atoms. The number of anilines is 1. The Balaban J connectivity index is 2.05. The number of urea groups is 1. The minimum absolute atomic E-state index is 0.210. The molecule has 0 saturated carbocycles. The van der Waals surface area contributed by atoms with E-state index in [0.717, 1.165) is 16.3 Å². The fourth-order valence-electron chi connectivity index (χ4n) is 3.20. The first-order valence-corrected chi connectivity index (χ1v) is 10.2. The maximum absolute atomic E-state index is 12.6. The number of nitrogens with one attached hydrogen (secondary N) is 3. The average molecular weight is 422 g/mol. The lowest BCUT2D eigenvalue weighted by Crippen LogP contribution is -2.33. The zero-order valence-electron chi connectivity index (χ0n) is 17.9. The number of hydrogen-bond donors (Lipinski definition) is 3. The third-order valence-corrected chi connectivity index (χ3v) is 4.59. The van der Waals surface area contributed by atoms with Gasteiger partial charge in [0, 0.05) is 36.1 Å². The first-order valence-electron chi connectivity index (χ1n) is 10.2. The van der Waals surface area contributed by atoms with Gasteiger partial charge < -0.3 is 20.7 Å². The largest absolute Gasteiger partial charge is 0.449 e. The van der Waals surface area contributed by atoms with E-state index in [4.69, 9.17) is 4.74 Å². The van der Waals surface area contributed by atoms with Crippen LogP contribution >= 0.6 is 0 Å². The van der Waals surface area contributed by atoms with Crippen molar-refractivity contribution in [2.45, 2.75) is 26.8 Å². The number of alkyl carbamates (subject to hydrolysis) is 1. The van der Waals surface area contributed by atoms with Gasteiger partial charge in [0.25, 0.3) is 0 Å². The molecule has 0 spiro atoms. The number of benzene rings is 1. The molecule has 1 atom stereocenters. The van der Waals surface area contributed by atoms with E-state index < -0.39 is 12.1 Å². The molecule has 0 fully saturated rings. The molecule has 0 saturated heterocycles. The molecule has 0 aliphatic carbocycles. The Hall–Kier alpha value is -3.68. The van der Waals surface area contributed by atoms with Gasteiger partial charge in [-0.15, -0.1) is 0 Å². The maximum Gasteiger partial charge on any atom is 0.407 e. The molecule has 0 aliphatic rings. The van der Waals surface area contributed by atoms with Gasteiger partial charge in [0.1, 0.15) is 0 Å². The van der Waals surface area contributed by atoms with E-state index >= 15 is 0 Å². The molecule has 1 aromatic carbocycles. The van der Waals surface area contributed by atoms with Crippen LogP contribution in [0.1, 0.15) is 37.9 Å². The van der Waals surface area contributed by atoms with Crippen LogP contribution in [0.25, 0.3) is 10.8 Å². The number of fused-ring (bicyclic) bond motifs is 1. The highest BCUT2D eigenvalue weighted by molar-refractivity contribution is 5.91. The summed E-state index contributed by atoms with van der Waals surface area (Å²) in [5.41, 5.74) is 2.00. The van der Waals surface area contributed by atoms with Gasteiger partial charge in [0.2, 0.25) is 0 Å². The van der Waals surface area contributed by atoms with Gasteiger partial charge >= 0.3 is 12.1 Å². The molecule has 8 nitrogen and oxygen atoms in total. The standard InChI is InChI=1S/C23H27N5O3/c1-4-26-22(29)27-20-13-25-11-9-18(20)21(28-23(30)31-14-15(2)3)17-7-5-6-16-8-10-24-12-19(16)17/h5-13,15,21H,4,14H2,1-3H3,(H,28,30)(H2,26,27,29). The molecule has 162 valence electrons. The first-order chi connectivity index (χ1) is 15.0. The Morgan fingerprint density at radius 3 is 2.58 bits per heavy atom. The molecule has 3 N–H and O–H groups in total. The third kappa shape index (κ3) is 5.69. The van der Waals surface area contributed by atoms with Crippen molar-refractivity contribution in [2.24, 2.45) is 5.92 Å². The third-order valence-electron chi connectivity index (χ3n) is 4.59. The number of rotatable bonds is 7. The summed E-state index contributed by atoms with van der Waals surface area (Å²) >= 11 is 0. The highest BCUT2D eigenvalue weighted by Crippen LogP contribution is 2.32. The van der Waals surface area contributed by atoms with Gasteiger partial charge in [-0.2, -0.15) is 0 Å². The SMILES string of the molecule is CCNC(=O)Nc1cnccc1C(NC(=O)OCC(C)C)c1cccc2ccncc12. The molecule has 8 heteroatoms. The average Bonchev–Trinajstić information content (AvgIpc) is 2.76. The van der Waals surface area contributed by atoms with Crippen molar-refractivity contribution in [1.29, 1.82) is 0 Å². The van der Waals surface area contributed by atoms with E-state index in [1.54, 1.807) is 30.9 Å². The van der Waals surface area contributed by atoms with E-state index in [1.807, 2.05) is 45.0 Å². The second kappa shape index (κ2) is 10.4. The van der Waals surface area contributed by atoms with Crippen LogP contribution < -0.4 is 16.0 Å². The highest BCUT2D eigenvalue weighted by atomic mass is 16.5. The van der Waals surface area contributed by atoms with Gasteiger partial charge in [-0.25, -0.2) is 9.59 Å². The van der Waals surface area contributed by atoms with Crippen molar-refractivity contribution in [1.82, 2.24) is 20.6 Å². The van der Waals surface area contributed by atoms with Crippen LogP contribution in [0.3, 0.4) is 0 Å². The fraction of sp³-hybridized carbons (Fsp3) is 0.304. The van der Waals surface area contributed by atoms with Crippen LogP contribution in [0.15, 0.2) is 55.1 Å². The van der Waals surface area contributed by atoms with Crippen molar-refractivity contribution in [2.75, 3.05) is 18.5 Å². The van der Waals surface area contributed by atoms with Crippen LogP contribution in [0.2, 0.25) is 0 Å². The van der Waals surface area contributed by atoms with Crippen molar-refractivity contribution in [3.8, 4) is 0 Å². The summed E-state index contributed by atoms with van der Waals surface area (Å²) in [4.78, 5) is 33.2. The van der Waals surface area contributed by atoms with Gasteiger partial charge in [0.05, 0.1) is 24.5 Å². The lowest BCUT2D eigenvalue weighted by Gasteiger charge is -2.23. The lowest BCUT2D eigenvalue weighted by atomic mass is 9.94. The number of nitrogens with zero attached hydrogens (tertiary/aromatic N) is 2. The molecule has 3 amide bonds. The van der Waals surface area contributed by atoms with Crippen LogP contribution in [0.5, 0.6) is 0 Å². The maximum atomic E-state index is 12.6. The Labute approximate surface area is 181 Å².